The fourth-order valence-corrected chi connectivity index (χ4v) is 3.34. The van der Waals surface area contributed by atoms with Gasteiger partial charge in [-0.25, -0.2) is 4.79 Å². The lowest BCUT2D eigenvalue weighted by Crippen LogP contribution is -2.16. The summed E-state index contributed by atoms with van der Waals surface area (Å²) in [6, 6.07) is 0. The van der Waals surface area contributed by atoms with E-state index in [1.807, 2.05) is 20.8 Å². The number of carboxylic acids is 1. The van der Waals surface area contributed by atoms with Crippen LogP contribution in [0, 0.1) is 5.92 Å². The van der Waals surface area contributed by atoms with Gasteiger partial charge in [0.25, 0.3) is 5.66 Å². The van der Waals surface area contributed by atoms with Crippen LogP contribution in [-0.2, 0) is 9.59 Å². The van der Waals surface area contributed by atoms with E-state index in [1.165, 1.54) is 21.4 Å². The van der Waals surface area contributed by atoms with Gasteiger partial charge in [-0.3, -0.25) is 4.79 Å². The van der Waals surface area contributed by atoms with E-state index >= 15 is 0 Å². The van der Waals surface area contributed by atoms with Gasteiger partial charge < -0.3 is 5.11 Å². The molecular weight excluding hydrogens is 381 g/mol. The first-order valence-electron chi connectivity index (χ1n) is 9.48. The smallest absolute Gasteiger partial charge is 0.339 e. The lowest BCUT2D eigenvalue weighted by atomic mass is 9.83. The van der Waals surface area contributed by atoms with Gasteiger partial charge in [0.2, 0.25) is 0 Å². The summed E-state index contributed by atoms with van der Waals surface area (Å²) in [5.74, 6) is -1.66. The number of rotatable bonds is 8. The van der Waals surface area contributed by atoms with E-state index in [1.54, 1.807) is 6.08 Å². The molecule has 0 saturated carbocycles. The van der Waals surface area contributed by atoms with Gasteiger partial charge in [-0.2, -0.15) is 8.78 Å². The van der Waals surface area contributed by atoms with Gasteiger partial charge in [0, 0.05) is 12.0 Å². The molecule has 2 unspecified atom stereocenters. The third kappa shape index (κ3) is 6.34. The van der Waals surface area contributed by atoms with Crippen LogP contribution in [0.4, 0.5) is 8.78 Å². The van der Waals surface area contributed by atoms with Gasteiger partial charge in [-0.15, -0.1) is 0 Å². The summed E-state index contributed by atoms with van der Waals surface area (Å²) in [4.78, 5) is 23.9. The molecule has 0 spiro atoms. The van der Waals surface area contributed by atoms with E-state index < -0.39 is 17.4 Å². The molecule has 0 saturated heterocycles. The molecular formula is C22H29F2O3P. The zero-order valence-electron chi connectivity index (χ0n) is 16.7. The van der Waals surface area contributed by atoms with Crippen LogP contribution >= 0.6 is 9.24 Å². The van der Waals surface area contributed by atoms with Crippen LogP contribution in [0.1, 0.15) is 52.9 Å². The number of allylic oxidation sites excluding steroid dienone is 8. The van der Waals surface area contributed by atoms with Gasteiger partial charge >= 0.3 is 5.97 Å². The molecule has 6 heteroatoms. The fraction of sp³-hybridized carbons (Fsp3) is 0.455. The number of Topliss-reactive ketones (excluding diaryl/α,β-unsaturated/α-hetero) is 1. The molecule has 0 amide bonds. The highest BCUT2D eigenvalue weighted by molar-refractivity contribution is 7.18. The maximum Gasteiger partial charge on any atom is 0.339 e. The monoisotopic (exact) mass is 410 g/mol. The van der Waals surface area contributed by atoms with Crippen molar-refractivity contribution in [3.8, 4) is 0 Å². The number of hydrogen-bond donors (Lipinski definition) is 1. The van der Waals surface area contributed by atoms with E-state index in [2.05, 4.69) is 6.58 Å². The van der Waals surface area contributed by atoms with Crippen molar-refractivity contribution < 1.29 is 23.5 Å². The van der Waals surface area contributed by atoms with Crippen molar-refractivity contribution in [1.29, 1.82) is 0 Å². The molecule has 0 radical (unpaired) electrons. The molecule has 0 aliphatic heterocycles. The van der Waals surface area contributed by atoms with E-state index in [9.17, 15) is 23.5 Å². The zero-order chi connectivity index (χ0) is 21.5. The molecule has 0 aromatic carbocycles. The summed E-state index contributed by atoms with van der Waals surface area (Å²) >= 11 is 0. The first kappa shape index (κ1) is 24.2. The van der Waals surface area contributed by atoms with Crippen LogP contribution in [0.3, 0.4) is 0 Å². The molecule has 0 aromatic rings. The Morgan fingerprint density at radius 3 is 2.46 bits per heavy atom. The second kappa shape index (κ2) is 10.6. The average molecular weight is 410 g/mol. The Morgan fingerprint density at radius 2 is 2.00 bits per heavy atom. The highest BCUT2D eigenvalue weighted by Crippen LogP contribution is 2.35. The molecule has 0 fully saturated rings. The van der Waals surface area contributed by atoms with E-state index in [-0.39, 0.29) is 23.5 Å². The van der Waals surface area contributed by atoms with Gasteiger partial charge in [0.1, 0.15) is 5.57 Å². The summed E-state index contributed by atoms with van der Waals surface area (Å²) in [7, 11) is 1.49. The first-order chi connectivity index (χ1) is 13.1. The van der Waals surface area contributed by atoms with Crippen molar-refractivity contribution in [1.82, 2.24) is 0 Å². The number of ketones is 1. The third-order valence-electron chi connectivity index (χ3n) is 5.01. The number of carbonyl (C=O) groups excluding carboxylic acids is 1. The predicted molar refractivity (Wildman–Crippen MR) is 112 cm³/mol. The number of aliphatic carboxylic acids is 1. The largest absolute Gasteiger partial charge is 0.478 e. The molecule has 2 atom stereocenters. The molecule has 28 heavy (non-hydrogen) atoms. The standard InChI is InChI=1S/C22H29F2O3P/c1-5-14(4)17(12-11-16(7-3)22(23,24)28)18-13-19(21(26)27)20(25)10-8-9-15(18)6-2/h7,11-14H,3,5-6,8-10,28H2,1-2,4H3,(H,26,27)/b16-11+,17-12+,18-15?,19-13?. The second-order valence-electron chi connectivity index (χ2n) is 6.89. The molecule has 3 nitrogen and oxygen atoms in total. The van der Waals surface area contributed by atoms with Crippen molar-refractivity contribution in [3.05, 3.63) is 58.7 Å². The van der Waals surface area contributed by atoms with E-state index in [0.29, 0.717) is 24.8 Å². The SMILES string of the molecule is C=C/C(=C\C=C(\C1=C(CC)CCCC(=O)C(C(=O)O)=C1)C(C)CC)C(F)(F)P. The van der Waals surface area contributed by atoms with Crippen LogP contribution in [0.5, 0.6) is 0 Å². The Morgan fingerprint density at radius 1 is 1.36 bits per heavy atom. The predicted octanol–water partition coefficient (Wildman–Crippen LogP) is 6.01. The first-order valence-corrected chi connectivity index (χ1v) is 10.1. The molecule has 1 N–H and O–H groups in total. The minimum absolute atomic E-state index is 0.00202. The molecule has 0 heterocycles. The lowest BCUT2D eigenvalue weighted by Gasteiger charge is -2.22. The van der Waals surface area contributed by atoms with Crippen molar-refractivity contribution >= 4 is 21.0 Å². The highest BCUT2D eigenvalue weighted by Gasteiger charge is 2.26. The van der Waals surface area contributed by atoms with Gasteiger partial charge in [-0.05, 0) is 48.8 Å². The minimum atomic E-state index is -3.11. The normalized spacial score (nSPS) is 18.4. The summed E-state index contributed by atoms with van der Waals surface area (Å²) in [6.07, 6.45) is 8.33. The van der Waals surface area contributed by atoms with Gasteiger partial charge in [-0.1, -0.05) is 60.4 Å². The van der Waals surface area contributed by atoms with E-state index in [4.69, 9.17) is 0 Å². The van der Waals surface area contributed by atoms with Crippen LogP contribution in [0.25, 0.3) is 0 Å². The van der Waals surface area contributed by atoms with Crippen molar-refractivity contribution in [2.45, 2.75) is 58.5 Å². The summed E-state index contributed by atoms with van der Waals surface area (Å²) in [6.45, 7) is 9.36. The Labute approximate surface area is 168 Å². The quantitative estimate of drug-likeness (QED) is 0.303. The maximum absolute atomic E-state index is 13.7. The Balaban J connectivity index is 3.73. The number of halogens is 2. The zero-order valence-corrected chi connectivity index (χ0v) is 17.9. The molecule has 1 aliphatic carbocycles. The van der Waals surface area contributed by atoms with Gasteiger partial charge in [0.15, 0.2) is 5.78 Å². The van der Waals surface area contributed by atoms with Crippen molar-refractivity contribution in [2.75, 3.05) is 0 Å². The maximum atomic E-state index is 13.7. The topological polar surface area (TPSA) is 54.4 Å². The number of carbonyl (C=O) groups is 2. The van der Waals surface area contributed by atoms with Crippen LogP contribution in [0.15, 0.2) is 58.7 Å². The van der Waals surface area contributed by atoms with Crippen LogP contribution in [0.2, 0.25) is 0 Å². The summed E-state index contributed by atoms with van der Waals surface area (Å²) in [5, 5.41) is 9.48. The van der Waals surface area contributed by atoms with Gasteiger partial charge in [0.05, 0.1) is 0 Å². The fourth-order valence-electron chi connectivity index (χ4n) is 3.13. The Hall–Kier alpha value is -1.87. The molecule has 0 aromatic heterocycles. The molecule has 1 rings (SSSR count). The third-order valence-corrected chi connectivity index (χ3v) is 5.34. The summed E-state index contributed by atoms with van der Waals surface area (Å²) < 4.78 is 27.4. The highest BCUT2D eigenvalue weighted by atomic mass is 31.0. The lowest BCUT2D eigenvalue weighted by molar-refractivity contribution is -0.134. The molecule has 0 bridgehead atoms. The van der Waals surface area contributed by atoms with Crippen molar-refractivity contribution in [2.24, 2.45) is 5.92 Å². The molecule has 154 valence electrons. The second-order valence-corrected chi connectivity index (χ2v) is 7.62. The Kier molecular flexibility index (Phi) is 9.16. The minimum Gasteiger partial charge on any atom is -0.478 e. The van der Waals surface area contributed by atoms with Crippen LogP contribution < -0.4 is 0 Å². The number of hydrogen-bond acceptors (Lipinski definition) is 2. The van der Waals surface area contributed by atoms with Crippen molar-refractivity contribution in [3.63, 3.8) is 0 Å². The average Bonchev–Trinajstić information content (AvgIpc) is 2.61. The number of alkyl halides is 2. The summed E-state index contributed by atoms with van der Waals surface area (Å²) in [5.41, 5.74) is -1.15. The number of carboxylic acid groups (broad SMARTS) is 1. The molecule has 1 aliphatic rings. The van der Waals surface area contributed by atoms with Crippen LogP contribution in [-0.4, -0.2) is 22.5 Å². The Bertz CT molecular complexity index is 752. The van der Waals surface area contributed by atoms with E-state index in [0.717, 1.165) is 23.6 Å².